The third-order valence-corrected chi connectivity index (χ3v) is 17.1. The lowest BCUT2D eigenvalue weighted by Crippen LogP contribution is -2.68. The van der Waals surface area contributed by atoms with Crippen LogP contribution in [0.3, 0.4) is 0 Å². The van der Waals surface area contributed by atoms with Crippen LogP contribution < -0.4 is 22.9 Å². The van der Waals surface area contributed by atoms with Gasteiger partial charge in [0.2, 0.25) is 0 Å². The van der Waals surface area contributed by atoms with E-state index in [-0.39, 0.29) is 0 Å². The second kappa shape index (κ2) is 33.8. The van der Waals surface area contributed by atoms with Crippen LogP contribution in [0.2, 0.25) is 0 Å². The predicted octanol–water partition coefficient (Wildman–Crippen LogP) is -19.1. The van der Waals surface area contributed by atoms with Crippen LogP contribution in [0.15, 0.2) is 0 Å². The third kappa shape index (κ3) is 17.4. The number of carboxylic acid groups (broad SMARTS) is 1. The number of rotatable bonds is 28. The van der Waals surface area contributed by atoms with Crippen LogP contribution in [-0.4, -0.2) is 427 Å². The Hall–Kier alpha value is -2.17. The van der Waals surface area contributed by atoms with Gasteiger partial charge < -0.3 is 212 Å². The Bertz CT molecular complexity index is 2270. The van der Waals surface area contributed by atoms with Crippen molar-refractivity contribution in [1.82, 2.24) is 0 Å². The molecule has 0 unspecified atom stereocenters. The summed E-state index contributed by atoms with van der Waals surface area (Å²) in [7, 11) is 0. The standard InChI is InChI=1S/C50H90N4O39/c51-11(2-55)24(62)25(63)14(61)6-80-43-23(54)34(72)28(66)20(87-43)10-84-50(49(78)79)1-12(59)40(41(93-50)13(60)3-56)91-48-39(77)42(92-47-38(76)36(74)30(68)18(89-47)8-82-45-22(53)33(71)27(65)16(5-58)86-45)31(69)19(90-48)9-83-46-37(75)35(73)29(67)17(88-46)7-81-44-21(52)32(70)26(64)15(4-57)85-44/h11-48,55-77H,1-10,51-54H2,(H,78,79)/t11-,12+,13+,14+,15+,16+,17+,18+,19+,20+,21+,22+,23+,24+,25+,26+,27+,28+,29+,30+,31+,32+,33+,34+,35-,36-,37-,38-,39-,40+,41+,42-,43+,44-,45-,46-,47+,48+,50+/m0/s1. The summed E-state index contributed by atoms with van der Waals surface area (Å²) in [4.78, 5) is 13.2. The van der Waals surface area contributed by atoms with Gasteiger partial charge in [-0.25, -0.2) is 4.79 Å². The smallest absolute Gasteiger partial charge is 0.364 e. The molecule has 39 atom stereocenters. The number of nitrogens with two attached hydrogens (primary N) is 4. The Morgan fingerprint density at radius 2 is 0.828 bits per heavy atom. The van der Waals surface area contributed by atoms with Gasteiger partial charge in [-0.05, 0) is 0 Å². The number of carbonyl (C=O) groups is 1. The molecule has 0 aliphatic carbocycles. The SMILES string of the molecule is N[C@H]1[C@H](OC[C@@H](O)[C@@H](O)[C@H](O)[C@@H](N)CO)O[C@H](CO[C@]2(C(=O)O)C[C@@H](O)[C@@H](O[C@H]3O[C@H](CO[C@H]4O[C@H](CO[C@H]5O[C@H](CO)[C@@H](O)[C@H](O)[C@H]5N)[C@@H](O)[C@H](O)[C@@H]4O)[C@@H](O)[C@H](O[C@H]4O[C@H](CO[C@H]5O[C@H](CO)[C@@H](O)[C@H](O)[C@H]5N)[C@@H](O)[C@H](O)[C@@H]4O)[C@@H]3O)[C@@H]([C@H](O)CO)O2)[C@@H](O)[C@@H]1O. The Labute approximate surface area is 526 Å². The first-order chi connectivity index (χ1) is 43.8. The molecule has 0 spiro atoms. The van der Waals surface area contributed by atoms with E-state index in [0.717, 1.165) is 0 Å². The first-order valence-corrected chi connectivity index (χ1v) is 29.4. The lowest BCUT2D eigenvalue weighted by atomic mass is 9.91. The highest BCUT2D eigenvalue weighted by molar-refractivity contribution is 5.76. The van der Waals surface area contributed by atoms with Crippen LogP contribution in [0.4, 0.5) is 0 Å². The van der Waals surface area contributed by atoms with Gasteiger partial charge >= 0.3 is 5.97 Å². The van der Waals surface area contributed by atoms with Crippen LogP contribution >= 0.6 is 0 Å². The van der Waals surface area contributed by atoms with E-state index in [1.165, 1.54) is 0 Å². The number of hydrogen-bond acceptors (Lipinski definition) is 42. The third-order valence-electron chi connectivity index (χ3n) is 17.1. The highest BCUT2D eigenvalue weighted by Gasteiger charge is 2.60. The summed E-state index contributed by atoms with van der Waals surface area (Å²) in [6.45, 7) is -8.43. The quantitative estimate of drug-likeness (QED) is 0.0346. The fourth-order valence-electron chi connectivity index (χ4n) is 11.2. The molecule has 7 aliphatic rings. The van der Waals surface area contributed by atoms with E-state index in [1.54, 1.807) is 0 Å². The second-order valence-corrected chi connectivity index (χ2v) is 23.6. The number of aliphatic hydroxyl groups excluding tert-OH is 23. The number of carboxylic acids is 1. The van der Waals surface area contributed by atoms with Crippen LogP contribution in [0.25, 0.3) is 0 Å². The molecule has 7 rings (SSSR count). The maximum Gasteiger partial charge on any atom is 0.364 e. The van der Waals surface area contributed by atoms with Crippen molar-refractivity contribution in [2.45, 2.75) is 245 Å². The van der Waals surface area contributed by atoms with Gasteiger partial charge in [0, 0.05) is 6.42 Å². The molecule has 0 radical (unpaired) electrons. The summed E-state index contributed by atoms with van der Waals surface area (Å²) in [5.41, 5.74) is 23.4. The molecular formula is C50H90N4O39. The number of aliphatic carboxylic acids is 1. The monoisotopic (exact) mass is 1370 g/mol. The summed E-state index contributed by atoms with van der Waals surface area (Å²) in [6, 6.07) is -5.97. The molecule has 43 heteroatoms. The molecule has 7 aliphatic heterocycles. The molecule has 0 bridgehead atoms. The van der Waals surface area contributed by atoms with Crippen molar-refractivity contribution in [3.63, 3.8) is 0 Å². The summed E-state index contributed by atoms with van der Waals surface area (Å²) in [5.74, 6) is -5.21. The Morgan fingerprint density at radius 1 is 0.441 bits per heavy atom. The fraction of sp³-hybridized carbons (Fsp3) is 0.980. The van der Waals surface area contributed by atoms with Crippen molar-refractivity contribution in [2.75, 3.05) is 59.5 Å². The van der Waals surface area contributed by atoms with Gasteiger partial charge in [0.1, 0.15) is 159 Å². The molecule has 93 heavy (non-hydrogen) atoms. The molecule has 544 valence electrons. The number of aliphatic hydroxyl groups is 23. The van der Waals surface area contributed by atoms with Crippen molar-refractivity contribution in [1.29, 1.82) is 0 Å². The summed E-state index contributed by atoms with van der Waals surface area (Å²) in [6.07, 6.45) is -68.4. The fourth-order valence-corrected chi connectivity index (χ4v) is 11.2. The Kier molecular flexibility index (Phi) is 28.4. The maximum absolute atomic E-state index is 13.2. The molecule has 43 nitrogen and oxygen atoms in total. The summed E-state index contributed by atoms with van der Waals surface area (Å²) < 4.78 is 79.3. The predicted molar refractivity (Wildman–Crippen MR) is 286 cm³/mol. The van der Waals surface area contributed by atoms with E-state index in [9.17, 15) is 127 Å². The van der Waals surface area contributed by atoms with Gasteiger partial charge in [0.05, 0.1) is 95.8 Å². The van der Waals surface area contributed by atoms with Gasteiger partial charge in [0.15, 0.2) is 37.7 Å². The molecule has 0 amide bonds. The van der Waals surface area contributed by atoms with Crippen molar-refractivity contribution in [3.8, 4) is 0 Å². The summed E-state index contributed by atoms with van der Waals surface area (Å²) in [5, 5.41) is 257. The molecule has 0 aromatic carbocycles. The van der Waals surface area contributed by atoms with Crippen LogP contribution in [-0.2, 0) is 71.1 Å². The zero-order chi connectivity index (χ0) is 69.0. The normalized spacial score (nSPS) is 48.5. The zero-order valence-corrected chi connectivity index (χ0v) is 49.2. The largest absolute Gasteiger partial charge is 0.477 e. The number of hydrogen-bond donors (Lipinski definition) is 28. The Morgan fingerprint density at radius 3 is 1.30 bits per heavy atom. The highest BCUT2D eigenvalue weighted by Crippen LogP contribution is 2.39. The van der Waals surface area contributed by atoms with Crippen LogP contribution in [0.1, 0.15) is 6.42 Å². The van der Waals surface area contributed by atoms with E-state index < -0.39 is 310 Å². The highest BCUT2D eigenvalue weighted by atomic mass is 16.8. The minimum absolute atomic E-state index is 0.768. The first kappa shape index (κ1) is 78.2. The molecule has 0 aromatic heterocycles. The minimum atomic E-state index is -3.14. The minimum Gasteiger partial charge on any atom is -0.477 e. The number of ether oxygens (including phenoxy) is 14. The van der Waals surface area contributed by atoms with Gasteiger partial charge in [0.25, 0.3) is 5.79 Å². The van der Waals surface area contributed by atoms with Gasteiger partial charge in [-0.3, -0.25) is 0 Å². The molecule has 7 fully saturated rings. The van der Waals surface area contributed by atoms with Crippen molar-refractivity contribution in [2.24, 2.45) is 22.9 Å². The van der Waals surface area contributed by atoms with Crippen molar-refractivity contribution >= 4 is 5.97 Å². The van der Waals surface area contributed by atoms with E-state index in [4.69, 9.17) is 89.3 Å². The molecule has 0 aromatic rings. The topological polar surface area (TPSA) is 736 Å². The van der Waals surface area contributed by atoms with Crippen LogP contribution in [0.5, 0.6) is 0 Å². The maximum atomic E-state index is 13.2. The van der Waals surface area contributed by atoms with Crippen molar-refractivity contribution < 1.29 is 194 Å². The van der Waals surface area contributed by atoms with Gasteiger partial charge in [-0.1, -0.05) is 0 Å². The van der Waals surface area contributed by atoms with E-state index >= 15 is 0 Å². The molecule has 0 saturated carbocycles. The lowest BCUT2D eigenvalue weighted by molar-refractivity contribution is -0.390. The van der Waals surface area contributed by atoms with E-state index in [2.05, 4.69) is 0 Å². The average Bonchev–Trinajstić information content (AvgIpc) is 0.772. The molecule has 7 saturated heterocycles. The molecule has 7 heterocycles. The summed E-state index contributed by atoms with van der Waals surface area (Å²) >= 11 is 0. The van der Waals surface area contributed by atoms with E-state index in [0.29, 0.717) is 0 Å². The zero-order valence-electron chi connectivity index (χ0n) is 49.2. The van der Waals surface area contributed by atoms with E-state index in [1.807, 2.05) is 0 Å². The molecule has 32 N–H and O–H groups in total. The van der Waals surface area contributed by atoms with Gasteiger partial charge in [-0.2, -0.15) is 0 Å². The average molecular weight is 1370 g/mol. The van der Waals surface area contributed by atoms with Crippen LogP contribution in [0, 0.1) is 0 Å². The lowest BCUT2D eigenvalue weighted by Gasteiger charge is -2.50. The second-order valence-electron chi connectivity index (χ2n) is 23.6. The van der Waals surface area contributed by atoms with Crippen molar-refractivity contribution in [3.05, 3.63) is 0 Å². The first-order valence-electron chi connectivity index (χ1n) is 29.4. The van der Waals surface area contributed by atoms with Gasteiger partial charge in [-0.15, -0.1) is 0 Å². The Balaban J connectivity index is 1.11. The molecular weight excluding hydrogens is 1280 g/mol.